The van der Waals surface area contributed by atoms with Gasteiger partial charge in [0.2, 0.25) is 0 Å². The van der Waals surface area contributed by atoms with E-state index in [2.05, 4.69) is 23.8 Å². The Morgan fingerprint density at radius 2 is 1.79 bits per heavy atom. The molecular formula is C25H31F3N2O2S. The summed E-state index contributed by atoms with van der Waals surface area (Å²) in [6.45, 7) is 8.16. The van der Waals surface area contributed by atoms with Gasteiger partial charge in [-0.25, -0.2) is 13.4 Å². The number of benzene rings is 1. The topological polar surface area (TPSA) is 59.1 Å². The molecule has 0 radical (unpaired) electrons. The molecule has 1 heterocycles. The summed E-state index contributed by atoms with van der Waals surface area (Å²) >= 11 is 0. The van der Waals surface area contributed by atoms with Crippen LogP contribution in [0.15, 0.2) is 65.7 Å². The first-order valence-electron chi connectivity index (χ1n) is 11.0. The molecule has 1 aromatic carbocycles. The van der Waals surface area contributed by atoms with Crippen molar-refractivity contribution in [2.75, 3.05) is 5.32 Å². The van der Waals surface area contributed by atoms with Crippen molar-refractivity contribution in [2.45, 2.75) is 68.3 Å². The van der Waals surface area contributed by atoms with E-state index in [0.717, 1.165) is 29.8 Å². The lowest BCUT2D eigenvalue weighted by molar-refractivity contribution is -0.137. The van der Waals surface area contributed by atoms with Gasteiger partial charge >= 0.3 is 6.18 Å². The van der Waals surface area contributed by atoms with Gasteiger partial charge in [-0.2, -0.15) is 13.2 Å². The van der Waals surface area contributed by atoms with Crippen LogP contribution in [-0.2, 0) is 16.0 Å². The highest BCUT2D eigenvalue weighted by atomic mass is 32.2. The van der Waals surface area contributed by atoms with E-state index >= 15 is 0 Å². The first kappa shape index (κ1) is 25.0. The highest BCUT2D eigenvalue weighted by molar-refractivity contribution is 7.92. The predicted octanol–water partition coefficient (Wildman–Crippen LogP) is 6.91. The summed E-state index contributed by atoms with van der Waals surface area (Å²) in [6.07, 6.45) is 1.47. The number of sulfone groups is 1. The zero-order valence-electron chi connectivity index (χ0n) is 18.8. The number of nitrogens with one attached hydrogen (secondary N) is 1. The molecule has 0 aliphatic heterocycles. The Bertz CT molecular complexity index is 1100. The van der Waals surface area contributed by atoms with Gasteiger partial charge in [0.05, 0.1) is 15.7 Å². The maximum absolute atomic E-state index is 13.1. The lowest BCUT2D eigenvalue weighted by Gasteiger charge is -2.29. The molecule has 0 atom stereocenters. The molecule has 0 unspecified atom stereocenters. The normalized spacial score (nSPS) is 19.8. The average Bonchev–Trinajstić information content (AvgIpc) is 2.79. The van der Waals surface area contributed by atoms with Gasteiger partial charge in [-0.05, 0) is 74.4 Å². The summed E-state index contributed by atoms with van der Waals surface area (Å²) in [5, 5.41) is 2.64. The summed E-state index contributed by atoms with van der Waals surface area (Å²) in [6, 6.07) is 9.13. The average molecular weight is 481 g/mol. The number of nitrogens with zero attached hydrogens (tertiary/aromatic N) is 1. The maximum Gasteiger partial charge on any atom is 0.417 e. The highest BCUT2D eigenvalue weighted by Gasteiger charge is 2.33. The van der Waals surface area contributed by atoms with Crippen molar-refractivity contribution in [1.82, 2.24) is 4.98 Å². The minimum absolute atomic E-state index is 0. The van der Waals surface area contributed by atoms with Gasteiger partial charge in [0.25, 0.3) is 0 Å². The molecule has 33 heavy (non-hydrogen) atoms. The SMILES string of the molecule is C=C(/C=C(\C)CC)c1ccc(S(=O)(=O)C2CCC(Nc3ccc(C(F)(F)F)cn3)CC2)cc1.[HH]. The van der Waals surface area contributed by atoms with Crippen LogP contribution in [0.5, 0.6) is 0 Å². The molecule has 1 aromatic heterocycles. The zero-order chi connectivity index (χ0) is 24.2. The lowest BCUT2D eigenvalue weighted by Crippen LogP contribution is -2.33. The van der Waals surface area contributed by atoms with Gasteiger partial charge in [0.1, 0.15) is 5.82 Å². The standard InChI is InChI=1S/C25H29F3N2O2S.H2/c1-4-17(2)15-18(3)19-5-10-22(11-6-19)33(31,32)23-12-8-21(9-13-23)30-24-14-7-20(16-29-24)25(26,27)28;/h5-7,10-11,14-16,21,23H,3-4,8-9,12-13H2,1-2H3,(H,29,30);1H/b17-15+;. The van der Waals surface area contributed by atoms with E-state index in [0.29, 0.717) is 36.4 Å². The molecule has 4 nitrogen and oxygen atoms in total. The second kappa shape index (κ2) is 10.1. The molecule has 1 saturated carbocycles. The molecule has 1 fully saturated rings. The number of hydrogen-bond acceptors (Lipinski definition) is 4. The lowest BCUT2D eigenvalue weighted by atomic mass is 9.95. The fourth-order valence-electron chi connectivity index (χ4n) is 3.91. The third kappa shape index (κ3) is 6.25. The summed E-state index contributed by atoms with van der Waals surface area (Å²) < 4.78 is 64.3. The Labute approximate surface area is 195 Å². The van der Waals surface area contributed by atoms with E-state index in [4.69, 9.17) is 0 Å². The smallest absolute Gasteiger partial charge is 0.367 e. The second-order valence-electron chi connectivity index (χ2n) is 8.49. The van der Waals surface area contributed by atoms with Crippen molar-refractivity contribution in [3.8, 4) is 0 Å². The molecule has 0 spiro atoms. The Balaban J connectivity index is 0.00000408. The third-order valence-electron chi connectivity index (χ3n) is 6.09. The number of pyridine rings is 1. The summed E-state index contributed by atoms with van der Waals surface area (Å²) in [7, 11) is -3.46. The molecular weight excluding hydrogens is 449 g/mol. The number of aromatic nitrogens is 1. The Hall–Kier alpha value is -2.61. The van der Waals surface area contributed by atoms with Crippen LogP contribution in [0.4, 0.5) is 19.0 Å². The van der Waals surface area contributed by atoms with E-state index in [-0.39, 0.29) is 7.47 Å². The van der Waals surface area contributed by atoms with Crippen molar-refractivity contribution >= 4 is 21.2 Å². The summed E-state index contributed by atoms with van der Waals surface area (Å²) in [5.74, 6) is 0.359. The first-order valence-corrected chi connectivity index (χ1v) is 12.6. The highest BCUT2D eigenvalue weighted by Crippen LogP contribution is 2.32. The number of halogens is 3. The zero-order valence-corrected chi connectivity index (χ0v) is 19.6. The van der Waals surface area contributed by atoms with E-state index in [9.17, 15) is 21.6 Å². The molecule has 0 saturated heterocycles. The van der Waals surface area contributed by atoms with Gasteiger partial charge in [-0.3, -0.25) is 0 Å². The van der Waals surface area contributed by atoms with Gasteiger partial charge < -0.3 is 5.32 Å². The largest absolute Gasteiger partial charge is 0.417 e. The van der Waals surface area contributed by atoms with Crippen molar-refractivity contribution in [3.05, 3.63) is 72.0 Å². The van der Waals surface area contributed by atoms with E-state index in [1.165, 1.54) is 11.6 Å². The van der Waals surface area contributed by atoms with Crippen LogP contribution < -0.4 is 5.32 Å². The summed E-state index contributed by atoms with van der Waals surface area (Å²) in [4.78, 5) is 4.14. The number of rotatable bonds is 7. The van der Waals surface area contributed by atoms with Crippen molar-refractivity contribution in [2.24, 2.45) is 0 Å². The monoisotopic (exact) mass is 480 g/mol. The van der Waals surface area contributed by atoms with Crippen LogP contribution in [0.2, 0.25) is 0 Å². The van der Waals surface area contributed by atoms with Crippen LogP contribution >= 0.6 is 0 Å². The number of allylic oxidation sites excluding steroid dienone is 3. The number of hydrogen-bond donors (Lipinski definition) is 1. The molecule has 180 valence electrons. The third-order valence-corrected chi connectivity index (χ3v) is 8.37. The van der Waals surface area contributed by atoms with Crippen LogP contribution in [0.1, 0.15) is 58.5 Å². The molecule has 0 bridgehead atoms. The van der Waals surface area contributed by atoms with Gasteiger partial charge in [0.15, 0.2) is 9.84 Å². The first-order chi connectivity index (χ1) is 15.5. The quantitative estimate of drug-likeness (QED) is 0.437. The van der Waals surface area contributed by atoms with Gasteiger partial charge in [0, 0.05) is 13.7 Å². The Morgan fingerprint density at radius 3 is 2.30 bits per heavy atom. The van der Waals surface area contributed by atoms with Crippen molar-refractivity contribution < 1.29 is 23.0 Å². The van der Waals surface area contributed by atoms with E-state index in [1.54, 1.807) is 24.3 Å². The van der Waals surface area contributed by atoms with Crippen molar-refractivity contribution in [1.29, 1.82) is 0 Å². The molecule has 0 amide bonds. The van der Waals surface area contributed by atoms with Crippen LogP contribution in [0.25, 0.3) is 5.57 Å². The minimum atomic E-state index is -4.42. The Kier molecular flexibility index (Phi) is 7.67. The van der Waals surface area contributed by atoms with Gasteiger partial charge in [-0.1, -0.05) is 37.3 Å². The minimum Gasteiger partial charge on any atom is -0.367 e. The molecule has 8 heteroatoms. The summed E-state index contributed by atoms with van der Waals surface area (Å²) in [5.41, 5.74) is 2.14. The predicted molar refractivity (Wildman–Crippen MR) is 128 cm³/mol. The van der Waals surface area contributed by atoms with E-state index in [1.807, 2.05) is 13.0 Å². The molecule has 3 rings (SSSR count). The molecule has 1 aliphatic carbocycles. The molecule has 1 aliphatic rings. The van der Waals surface area contributed by atoms with E-state index < -0.39 is 26.8 Å². The number of alkyl halides is 3. The fourth-order valence-corrected chi connectivity index (χ4v) is 5.70. The molecule has 2 aromatic rings. The van der Waals surface area contributed by atoms with Crippen LogP contribution in [-0.4, -0.2) is 24.7 Å². The number of anilines is 1. The van der Waals surface area contributed by atoms with Gasteiger partial charge in [-0.15, -0.1) is 0 Å². The maximum atomic E-state index is 13.1. The molecule has 1 N–H and O–H groups in total. The van der Waals surface area contributed by atoms with Crippen LogP contribution in [0.3, 0.4) is 0 Å². The fraction of sp³-hybridized carbons (Fsp3) is 0.400. The Morgan fingerprint density at radius 1 is 1.15 bits per heavy atom. The second-order valence-corrected chi connectivity index (χ2v) is 10.7. The van der Waals surface area contributed by atoms with Crippen molar-refractivity contribution in [3.63, 3.8) is 0 Å². The van der Waals surface area contributed by atoms with Crippen LogP contribution in [0, 0.1) is 0 Å².